The number of nitro benzene ring substituents is 1. The summed E-state index contributed by atoms with van der Waals surface area (Å²) < 4.78 is 5.77. The van der Waals surface area contributed by atoms with Crippen molar-refractivity contribution in [2.75, 3.05) is 4.90 Å². The van der Waals surface area contributed by atoms with Crippen molar-refractivity contribution in [1.29, 1.82) is 0 Å². The SMILES string of the molecule is CCC1Oc2ccc([N+](=O)[O-])cc2N(Cc2cccc3ccccc23)C1=O. The molecule has 0 spiro atoms. The maximum Gasteiger partial charge on any atom is 0.271 e. The fourth-order valence-electron chi connectivity index (χ4n) is 3.45. The maximum absolute atomic E-state index is 13.0. The quantitative estimate of drug-likeness (QED) is 0.508. The lowest BCUT2D eigenvalue weighted by molar-refractivity contribution is -0.384. The number of carbonyl (C=O) groups is 1. The van der Waals surface area contributed by atoms with E-state index in [0.29, 0.717) is 24.4 Å². The van der Waals surface area contributed by atoms with Gasteiger partial charge in [-0.05, 0) is 28.8 Å². The van der Waals surface area contributed by atoms with Gasteiger partial charge in [0.25, 0.3) is 11.6 Å². The second-order valence-corrected chi connectivity index (χ2v) is 6.49. The first kappa shape index (κ1) is 17.0. The van der Waals surface area contributed by atoms with Crippen LogP contribution in [0.15, 0.2) is 60.7 Å². The molecule has 6 nitrogen and oxygen atoms in total. The number of nitro groups is 1. The molecule has 0 saturated heterocycles. The normalized spacial score (nSPS) is 16.1. The molecule has 6 heteroatoms. The first-order chi connectivity index (χ1) is 13.1. The van der Waals surface area contributed by atoms with Crippen molar-refractivity contribution in [1.82, 2.24) is 0 Å². The van der Waals surface area contributed by atoms with Crippen LogP contribution in [0.1, 0.15) is 18.9 Å². The van der Waals surface area contributed by atoms with Crippen molar-refractivity contribution in [2.45, 2.75) is 26.0 Å². The number of nitrogens with zero attached hydrogens (tertiary/aromatic N) is 2. The van der Waals surface area contributed by atoms with Gasteiger partial charge in [0, 0.05) is 12.1 Å². The molecule has 0 fully saturated rings. The zero-order valence-corrected chi connectivity index (χ0v) is 14.8. The van der Waals surface area contributed by atoms with Crippen LogP contribution in [0, 0.1) is 10.1 Å². The average molecular weight is 362 g/mol. The molecule has 1 heterocycles. The van der Waals surface area contributed by atoms with Crippen molar-refractivity contribution >= 4 is 28.1 Å². The second-order valence-electron chi connectivity index (χ2n) is 6.49. The molecule has 1 aliphatic heterocycles. The smallest absolute Gasteiger partial charge is 0.271 e. The Morgan fingerprint density at radius 2 is 1.89 bits per heavy atom. The van der Waals surface area contributed by atoms with Crippen LogP contribution in [-0.2, 0) is 11.3 Å². The summed E-state index contributed by atoms with van der Waals surface area (Å²) in [6.45, 7) is 2.21. The van der Waals surface area contributed by atoms with Gasteiger partial charge in [-0.25, -0.2) is 0 Å². The number of carbonyl (C=O) groups excluding carboxylic acids is 1. The van der Waals surface area contributed by atoms with Gasteiger partial charge in [-0.3, -0.25) is 14.9 Å². The van der Waals surface area contributed by atoms with Crippen LogP contribution < -0.4 is 9.64 Å². The summed E-state index contributed by atoms with van der Waals surface area (Å²) in [5, 5.41) is 13.3. The lowest BCUT2D eigenvalue weighted by atomic mass is 10.0. The van der Waals surface area contributed by atoms with E-state index in [9.17, 15) is 14.9 Å². The van der Waals surface area contributed by atoms with Crippen LogP contribution in [0.4, 0.5) is 11.4 Å². The number of non-ortho nitro benzene ring substituents is 1. The summed E-state index contributed by atoms with van der Waals surface area (Å²) >= 11 is 0. The first-order valence-corrected chi connectivity index (χ1v) is 8.81. The van der Waals surface area contributed by atoms with Crippen molar-refractivity contribution in [3.8, 4) is 5.75 Å². The molecule has 0 aliphatic carbocycles. The molecule has 3 aromatic rings. The van der Waals surface area contributed by atoms with Gasteiger partial charge in [0.1, 0.15) is 5.75 Å². The highest BCUT2D eigenvalue weighted by Crippen LogP contribution is 2.38. The Labute approximate surface area is 156 Å². The van der Waals surface area contributed by atoms with Gasteiger partial charge < -0.3 is 9.64 Å². The highest BCUT2D eigenvalue weighted by molar-refractivity contribution is 6.01. The highest BCUT2D eigenvalue weighted by atomic mass is 16.6. The molecule has 0 aromatic heterocycles. The van der Waals surface area contributed by atoms with Gasteiger partial charge in [-0.1, -0.05) is 49.4 Å². The van der Waals surface area contributed by atoms with Crippen LogP contribution in [0.5, 0.6) is 5.75 Å². The van der Waals surface area contributed by atoms with E-state index in [4.69, 9.17) is 4.74 Å². The van der Waals surface area contributed by atoms with E-state index in [2.05, 4.69) is 0 Å². The third kappa shape index (κ3) is 2.99. The highest BCUT2D eigenvalue weighted by Gasteiger charge is 2.34. The van der Waals surface area contributed by atoms with Crippen molar-refractivity contribution < 1.29 is 14.5 Å². The lowest BCUT2D eigenvalue weighted by Crippen LogP contribution is -2.45. The van der Waals surface area contributed by atoms with E-state index in [0.717, 1.165) is 16.3 Å². The monoisotopic (exact) mass is 362 g/mol. The molecule has 27 heavy (non-hydrogen) atoms. The minimum absolute atomic E-state index is 0.0666. The van der Waals surface area contributed by atoms with E-state index >= 15 is 0 Å². The fourth-order valence-corrected chi connectivity index (χ4v) is 3.45. The molecule has 3 aromatic carbocycles. The Hall–Kier alpha value is -3.41. The number of amides is 1. The number of rotatable bonds is 4. The lowest BCUT2D eigenvalue weighted by Gasteiger charge is -2.34. The van der Waals surface area contributed by atoms with Crippen molar-refractivity contribution in [3.05, 3.63) is 76.3 Å². The van der Waals surface area contributed by atoms with E-state index in [-0.39, 0.29) is 11.6 Å². The van der Waals surface area contributed by atoms with Gasteiger partial charge in [0.05, 0.1) is 17.2 Å². The maximum atomic E-state index is 13.0. The van der Waals surface area contributed by atoms with Gasteiger partial charge in [-0.2, -0.15) is 0 Å². The largest absolute Gasteiger partial charge is 0.478 e. The van der Waals surface area contributed by atoms with Gasteiger partial charge >= 0.3 is 0 Å². The summed E-state index contributed by atoms with van der Waals surface area (Å²) in [6, 6.07) is 18.3. The minimum Gasteiger partial charge on any atom is -0.478 e. The molecule has 4 rings (SSSR count). The molecular formula is C21H18N2O4. The average Bonchev–Trinajstić information content (AvgIpc) is 2.69. The van der Waals surface area contributed by atoms with Gasteiger partial charge in [-0.15, -0.1) is 0 Å². The molecular weight excluding hydrogens is 344 g/mol. The number of fused-ring (bicyclic) bond motifs is 2. The second kappa shape index (κ2) is 6.72. The molecule has 1 unspecified atom stereocenters. The molecule has 0 N–H and O–H groups in total. The number of benzene rings is 3. The zero-order chi connectivity index (χ0) is 19.0. The number of hydrogen-bond donors (Lipinski definition) is 0. The van der Waals surface area contributed by atoms with E-state index < -0.39 is 11.0 Å². The van der Waals surface area contributed by atoms with Crippen LogP contribution in [0.25, 0.3) is 10.8 Å². The van der Waals surface area contributed by atoms with E-state index in [1.165, 1.54) is 12.1 Å². The Balaban J connectivity index is 1.82. The molecule has 0 saturated carbocycles. The predicted octanol–water partition coefficient (Wildman–Crippen LogP) is 4.45. The van der Waals surface area contributed by atoms with E-state index in [1.54, 1.807) is 11.0 Å². The number of hydrogen-bond acceptors (Lipinski definition) is 4. The molecule has 0 bridgehead atoms. The zero-order valence-electron chi connectivity index (χ0n) is 14.8. The standard InChI is InChI=1S/C21H18N2O4/c1-2-19-21(24)22(18-12-16(23(25)26)10-11-20(18)27-19)13-15-8-5-7-14-6-3-4-9-17(14)15/h3-12,19H,2,13H2,1H3. The minimum atomic E-state index is -0.589. The summed E-state index contributed by atoms with van der Waals surface area (Å²) in [4.78, 5) is 25.3. The fraction of sp³-hybridized carbons (Fsp3) is 0.190. The third-order valence-corrected chi connectivity index (χ3v) is 4.83. The van der Waals surface area contributed by atoms with Crippen molar-refractivity contribution in [3.63, 3.8) is 0 Å². The topological polar surface area (TPSA) is 72.7 Å². The summed E-state index contributed by atoms with van der Waals surface area (Å²) in [5.41, 5.74) is 1.35. The van der Waals surface area contributed by atoms with Crippen LogP contribution in [0.3, 0.4) is 0 Å². The third-order valence-electron chi connectivity index (χ3n) is 4.83. The van der Waals surface area contributed by atoms with Crippen LogP contribution >= 0.6 is 0 Å². The molecule has 136 valence electrons. The molecule has 1 aliphatic rings. The Morgan fingerprint density at radius 3 is 2.67 bits per heavy atom. The Kier molecular flexibility index (Phi) is 4.24. The van der Waals surface area contributed by atoms with Crippen LogP contribution in [0.2, 0.25) is 0 Å². The molecule has 0 radical (unpaired) electrons. The Morgan fingerprint density at radius 1 is 1.11 bits per heavy atom. The van der Waals surface area contributed by atoms with Gasteiger partial charge in [0.15, 0.2) is 6.10 Å². The van der Waals surface area contributed by atoms with E-state index in [1.807, 2.05) is 49.4 Å². The molecule has 1 atom stereocenters. The summed E-state index contributed by atoms with van der Waals surface area (Å²) in [5.74, 6) is 0.311. The van der Waals surface area contributed by atoms with Crippen molar-refractivity contribution in [2.24, 2.45) is 0 Å². The first-order valence-electron chi connectivity index (χ1n) is 8.81. The predicted molar refractivity (Wildman–Crippen MR) is 103 cm³/mol. The molecule has 1 amide bonds. The van der Waals surface area contributed by atoms with Crippen LogP contribution in [-0.4, -0.2) is 16.9 Å². The Bertz CT molecular complexity index is 1040. The van der Waals surface area contributed by atoms with Gasteiger partial charge in [0.2, 0.25) is 0 Å². The summed E-state index contributed by atoms with van der Waals surface area (Å²) in [6.07, 6.45) is -0.0599. The summed E-state index contributed by atoms with van der Waals surface area (Å²) in [7, 11) is 0. The number of anilines is 1. The number of ether oxygens (including phenoxy) is 1.